The summed E-state index contributed by atoms with van der Waals surface area (Å²) >= 11 is 0. The van der Waals surface area contributed by atoms with Crippen molar-refractivity contribution >= 4 is 5.91 Å². The second kappa shape index (κ2) is 9.84. The lowest BCUT2D eigenvalue weighted by Gasteiger charge is -2.33. The zero-order chi connectivity index (χ0) is 20.8. The average molecular weight is 402 g/mol. The van der Waals surface area contributed by atoms with Crippen LogP contribution in [0.2, 0.25) is 0 Å². The molecule has 29 heavy (non-hydrogen) atoms. The molecule has 1 atom stereocenters. The Kier molecular flexibility index (Phi) is 7.22. The Hall–Kier alpha value is -2.45. The van der Waals surface area contributed by atoms with Crippen molar-refractivity contribution in [1.82, 2.24) is 25.2 Å². The van der Waals surface area contributed by atoms with Gasteiger partial charge in [0.15, 0.2) is 5.69 Å². The van der Waals surface area contributed by atoms with E-state index in [2.05, 4.69) is 46.5 Å². The fourth-order valence-electron chi connectivity index (χ4n) is 3.80. The Labute approximate surface area is 171 Å². The number of ether oxygens (including phenoxy) is 1. The van der Waals surface area contributed by atoms with Gasteiger partial charge in [0, 0.05) is 26.2 Å². The third kappa shape index (κ3) is 5.33. The standard InChI is InChI=1S/C21H31N5O3/c1-15-11-20(29-3)16(2)10-17(15)12-25-8-4-6-18(13-25)26-14-19(23-24-26)21(28)22-7-5-9-27/h10-11,14,18,27H,4-9,12-13H2,1-3H3,(H,22,28). The first-order valence-electron chi connectivity index (χ1n) is 10.2. The molecule has 2 heterocycles. The van der Waals surface area contributed by atoms with Crippen molar-refractivity contribution < 1.29 is 14.6 Å². The SMILES string of the molecule is COc1cc(C)c(CN2CCCC(n3cc(C(=O)NCCCO)nn3)C2)cc1C. The molecule has 0 aliphatic carbocycles. The summed E-state index contributed by atoms with van der Waals surface area (Å²) in [4.78, 5) is 14.5. The molecule has 2 aromatic rings. The first kappa shape index (κ1) is 21.3. The summed E-state index contributed by atoms with van der Waals surface area (Å²) in [6.45, 7) is 7.49. The van der Waals surface area contributed by atoms with Crippen LogP contribution in [0.3, 0.4) is 0 Å². The van der Waals surface area contributed by atoms with Crippen LogP contribution >= 0.6 is 0 Å². The van der Waals surface area contributed by atoms with Crippen molar-refractivity contribution in [2.75, 3.05) is 33.4 Å². The number of piperidine rings is 1. The largest absolute Gasteiger partial charge is 0.496 e. The molecule has 1 aromatic carbocycles. The van der Waals surface area contributed by atoms with Gasteiger partial charge in [-0.15, -0.1) is 5.10 Å². The lowest BCUT2D eigenvalue weighted by Crippen LogP contribution is -2.36. The quantitative estimate of drug-likeness (QED) is 0.656. The molecule has 1 fully saturated rings. The van der Waals surface area contributed by atoms with Gasteiger partial charge in [0.1, 0.15) is 5.75 Å². The minimum atomic E-state index is -0.248. The number of aliphatic hydroxyl groups excluding tert-OH is 1. The lowest BCUT2D eigenvalue weighted by atomic mass is 10.0. The van der Waals surface area contributed by atoms with Gasteiger partial charge in [-0.05, 0) is 62.4 Å². The second-order valence-electron chi connectivity index (χ2n) is 7.70. The van der Waals surface area contributed by atoms with Crippen LogP contribution in [0, 0.1) is 13.8 Å². The minimum Gasteiger partial charge on any atom is -0.496 e. The number of methoxy groups -OCH3 is 1. The Morgan fingerprint density at radius 1 is 1.34 bits per heavy atom. The molecule has 0 radical (unpaired) electrons. The Morgan fingerprint density at radius 2 is 2.17 bits per heavy atom. The van der Waals surface area contributed by atoms with E-state index in [1.165, 1.54) is 11.1 Å². The first-order valence-corrected chi connectivity index (χ1v) is 10.2. The number of nitrogens with zero attached hydrogens (tertiary/aromatic N) is 4. The summed E-state index contributed by atoms with van der Waals surface area (Å²) in [7, 11) is 1.70. The smallest absolute Gasteiger partial charge is 0.273 e. The fourth-order valence-corrected chi connectivity index (χ4v) is 3.80. The summed E-state index contributed by atoms with van der Waals surface area (Å²) in [6, 6.07) is 4.52. The topological polar surface area (TPSA) is 92.5 Å². The molecule has 1 amide bonds. The summed E-state index contributed by atoms with van der Waals surface area (Å²) in [5.41, 5.74) is 4.01. The van der Waals surface area contributed by atoms with Crippen molar-refractivity contribution in [2.45, 2.75) is 45.7 Å². The first-order chi connectivity index (χ1) is 14.0. The molecule has 8 heteroatoms. The number of aryl methyl sites for hydroxylation is 2. The monoisotopic (exact) mass is 401 g/mol. The summed E-state index contributed by atoms with van der Waals surface area (Å²) < 4.78 is 7.24. The van der Waals surface area contributed by atoms with E-state index in [4.69, 9.17) is 9.84 Å². The number of benzene rings is 1. The van der Waals surface area contributed by atoms with Crippen molar-refractivity contribution in [3.63, 3.8) is 0 Å². The van der Waals surface area contributed by atoms with Crippen molar-refractivity contribution in [3.8, 4) is 5.75 Å². The van der Waals surface area contributed by atoms with E-state index in [0.29, 0.717) is 18.7 Å². The third-order valence-electron chi connectivity index (χ3n) is 5.47. The Morgan fingerprint density at radius 3 is 2.93 bits per heavy atom. The molecule has 1 aliphatic heterocycles. The molecule has 2 N–H and O–H groups in total. The molecule has 1 aliphatic rings. The molecule has 0 saturated carbocycles. The van der Waals surface area contributed by atoms with Gasteiger partial charge in [-0.25, -0.2) is 4.68 Å². The highest BCUT2D eigenvalue weighted by molar-refractivity contribution is 5.91. The molecule has 8 nitrogen and oxygen atoms in total. The molecule has 158 valence electrons. The average Bonchev–Trinajstić information content (AvgIpc) is 3.21. The molecular formula is C21H31N5O3. The van der Waals surface area contributed by atoms with Gasteiger partial charge >= 0.3 is 0 Å². The molecule has 3 rings (SSSR count). The number of likely N-dealkylation sites (tertiary alicyclic amines) is 1. The van der Waals surface area contributed by atoms with Crippen LogP contribution in [-0.2, 0) is 6.54 Å². The normalized spacial score (nSPS) is 17.3. The van der Waals surface area contributed by atoms with Gasteiger partial charge in [0.05, 0.1) is 19.3 Å². The van der Waals surface area contributed by atoms with E-state index in [9.17, 15) is 4.79 Å². The van der Waals surface area contributed by atoms with Crippen molar-refractivity contribution in [3.05, 3.63) is 40.7 Å². The van der Waals surface area contributed by atoms with Gasteiger partial charge in [0.25, 0.3) is 5.91 Å². The minimum absolute atomic E-state index is 0.0536. The molecule has 1 unspecified atom stereocenters. The van der Waals surface area contributed by atoms with Gasteiger partial charge in [0.2, 0.25) is 0 Å². The van der Waals surface area contributed by atoms with Crippen LogP contribution < -0.4 is 10.1 Å². The van der Waals surface area contributed by atoms with Crippen LogP contribution in [0.5, 0.6) is 5.75 Å². The van der Waals surface area contributed by atoms with Gasteiger partial charge < -0.3 is 15.2 Å². The number of amides is 1. The van der Waals surface area contributed by atoms with E-state index in [-0.39, 0.29) is 18.6 Å². The van der Waals surface area contributed by atoms with E-state index in [1.54, 1.807) is 13.3 Å². The molecule has 0 bridgehead atoms. The summed E-state index contributed by atoms with van der Waals surface area (Å²) in [5, 5.41) is 19.8. The van der Waals surface area contributed by atoms with Crippen molar-refractivity contribution in [1.29, 1.82) is 0 Å². The number of aromatic nitrogens is 3. The number of carbonyl (C=O) groups is 1. The number of aliphatic hydroxyl groups is 1. The predicted octanol–water partition coefficient (Wildman–Crippen LogP) is 1.85. The van der Waals surface area contributed by atoms with Crippen LogP contribution in [0.4, 0.5) is 0 Å². The second-order valence-corrected chi connectivity index (χ2v) is 7.70. The zero-order valence-electron chi connectivity index (χ0n) is 17.5. The number of hydrogen-bond acceptors (Lipinski definition) is 6. The lowest BCUT2D eigenvalue weighted by molar-refractivity contribution is 0.0946. The predicted molar refractivity (Wildman–Crippen MR) is 110 cm³/mol. The van der Waals surface area contributed by atoms with Crippen molar-refractivity contribution in [2.24, 2.45) is 0 Å². The van der Waals surface area contributed by atoms with Gasteiger partial charge in [-0.2, -0.15) is 0 Å². The maximum atomic E-state index is 12.1. The summed E-state index contributed by atoms with van der Waals surface area (Å²) in [6.07, 6.45) is 4.36. The maximum Gasteiger partial charge on any atom is 0.273 e. The molecular weight excluding hydrogens is 370 g/mol. The maximum absolute atomic E-state index is 12.1. The number of nitrogens with one attached hydrogen (secondary N) is 1. The molecule has 0 spiro atoms. The van der Waals surface area contributed by atoms with E-state index < -0.39 is 0 Å². The fraction of sp³-hybridized carbons (Fsp3) is 0.571. The highest BCUT2D eigenvalue weighted by Crippen LogP contribution is 2.26. The highest BCUT2D eigenvalue weighted by Gasteiger charge is 2.24. The Bertz CT molecular complexity index is 836. The Balaban J connectivity index is 1.63. The van der Waals surface area contributed by atoms with E-state index in [1.807, 2.05) is 4.68 Å². The van der Waals surface area contributed by atoms with Gasteiger partial charge in [-0.3, -0.25) is 9.69 Å². The van der Waals surface area contributed by atoms with Crippen LogP contribution in [0.15, 0.2) is 18.3 Å². The molecule has 1 saturated heterocycles. The van der Waals surface area contributed by atoms with Gasteiger partial charge in [-0.1, -0.05) is 11.3 Å². The highest BCUT2D eigenvalue weighted by atomic mass is 16.5. The van der Waals surface area contributed by atoms with E-state index >= 15 is 0 Å². The van der Waals surface area contributed by atoms with E-state index in [0.717, 1.165) is 43.8 Å². The number of carbonyl (C=O) groups excluding carboxylic acids is 1. The zero-order valence-corrected chi connectivity index (χ0v) is 17.5. The number of rotatable bonds is 8. The van der Waals surface area contributed by atoms with Crippen LogP contribution in [-0.4, -0.2) is 64.3 Å². The molecule has 1 aromatic heterocycles. The van der Waals surface area contributed by atoms with Crippen LogP contribution in [0.25, 0.3) is 0 Å². The van der Waals surface area contributed by atoms with Crippen LogP contribution in [0.1, 0.15) is 52.5 Å². The number of hydrogen-bond donors (Lipinski definition) is 2. The third-order valence-corrected chi connectivity index (χ3v) is 5.47. The summed E-state index contributed by atoms with van der Waals surface area (Å²) in [5.74, 6) is 0.678.